The predicted molar refractivity (Wildman–Crippen MR) is 198 cm³/mol. The minimum absolute atomic E-state index is 0.0592. The van der Waals surface area contributed by atoms with Gasteiger partial charge in [-0.25, -0.2) is 0 Å². The molecule has 23 heteroatoms. The van der Waals surface area contributed by atoms with Gasteiger partial charge in [-0.15, -0.1) is 0 Å². The van der Waals surface area contributed by atoms with Crippen LogP contribution in [-0.2, 0) is 44.7 Å². The van der Waals surface area contributed by atoms with E-state index in [0.29, 0.717) is 5.56 Å². The maximum Gasteiger partial charge on any atom is 0.325 e. The standard InChI is InChI=1S/C22H29N3O9.C14H24N2O9/c23-13(7-17(28)25-18-20(30)19(29)16(9-26)34-22(18)33)15(27)6-10(21(31)32)5-11-8-24-14-4-2-1-3-12(11)14;1-5(13(22)23)16-12(21)8(15)3-6(18)2-7-10(19)11(20)9(4-17)25-14(7)24/h1-4,8,10,13,16,18-20,22,24,26,29-30,33H,5-7,9,23H2,(H,25,28)(H,31,32);5,7-11,14,17,19-20,24H,2-4,15H2,1H3,(H,16,21)(H,22,23)/t10-,13?,16?,18?,19?,20?,22?;/m1./s1/i/hD. The zero-order chi connectivity index (χ0) is 45.0. The number of carbonyl (C=O) groups excluding carboxylic acids is 4. The van der Waals surface area contributed by atoms with Crippen molar-refractivity contribution in [3.63, 3.8) is 0 Å². The topological polar surface area (TPSA) is 415 Å². The van der Waals surface area contributed by atoms with E-state index in [-0.39, 0.29) is 6.42 Å². The quantitative estimate of drug-likeness (QED) is 0.0626. The van der Waals surface area contributed by atoms with Crippen molar-refractivity contribution < 1.29 is 90.7 Å². The normalized spacial score (nSPS) is 29.1. The molecule has 59 heavy (non-hydrogen) atoms. The number of aromatic nitrogens is 1. The van der Waals surface area contributed by atoms with Crippen LogP contribution in [0.5, 0.6) is 0 Å². The van der Waals surface area contributed by atoms with Crippen LogP contribution in [0, 0.1) is 11.8 Å². The van der Waals surface area contributed by atoms with E-state index in [0.717, 1.165) is 10.9 Å². The maximum atomic E-state index is 12.7. The molecule has 4 rings (SSSR count). The van der Waals surface area contributed by atoms with Gasteiger partial charge < -0.3 is 87.6 Å². The Morgan fingerprint density at radius 2 is 1.44 bits per heavy atom. The number of Topliss-reactive ketones (excluding diaryl/α,β-unsaturated/α-hetero) is 2. The number of aliphatic carboxylic acids is 2. The average Bonchev–Trinajstić information content (AvgIpc) is 3.62. The number of benzene rings is 1. The SMILES string of the molecule is CC(NC(=O)C(N)CC(=O)CC1C(O)OC(CO)C(O)C1O)C(=O)O.[2H]NC(CC(=O)NC1C(O)OC(CO)C(O)C1O)C(=O)C[C@@H](Cc1c[nH]c2ccccc12)C(=O)O. The number of carboxylic acid groups (broad SMARTS) is 2. The van der Waals surface area contributed by atoms with Gasteiger partial charge in [0.05, 0.1) is 37.3 Å². The van der Waals surface area contributed by atoms with E-state index in [4.69, 9.17) is 31.9 Å². The van der Waals surface area contributed by atoms with Crippen LogP contribution in [-0.4, -0.2) is 178 Å². The number of H-pyrrole nitrogens is 1. The van der Waals surface area contributed by atoms with Crippen molar-refractivity contribution in [2.24, 2.45) is 23.3 Å². The number of nitrogens with two attached hydrogens (primary N) is 2. The first-order valence-electron chi connectivity index (χ1n) is 18.9. The highest BCUT2D eigenvalue weighted by atomic mass is 16.6. The number of fused-ring (bicyclic) bond motifs is 1. The number of para-hydroxylation sites is 1. The second kappa shape index (κ2) is 22.2. The summed E-state index contributed by atoms with van der Waals surface area (Å²) in [5.41, 5.74) is 9.04. The number of hydrogen-bond donors (Lipinski definition) is 15. The Balaban J connectivity index is 0.000000340. The maximum absolute atomic E-state index is 12.7. The van der Waals surface area contributed by atoms with Crippen molar-refractivity contribution in [3.8, 4) is 0 Å². The average molecular weight is 845 g/mol. The zero-order valence-electron chi connectivity index (χ0n) is 32.7. The Hall–Kier alpha value is -4.50. The first-order chi connectivity index (χ1) is 28.2. The van der Waals surface area contributed by atoms with Crippen molar-refractivity contribution in [2.75, 3.05) is 13.2 Å². The van der Waals surface area contributed by atoms with Gasteiger partial charge >= 0.3 is 11.9 Å². The third-order valence-electron chi connectivity index (χ3n) is 9.95. The molecule has 330 valence electrons. The van der Waals surface area contributed by atoms with E-state index in [1.54, 1.807) is 6.20 Å². The van der Waals surface area contributed by atoms with Crippen LogP contribution in [0.1, 0.15) is 38.2 Å². The molecule has 0 spiro atoms. The molecule has 0 aliphatic carbocycles. The molecular formula is C36H53N5O18. The molecule has 2 aliphatic heterocycles. The van der Waals surface area contributed by atoms with E-state index >= 15 is 0 Å². The summed E-state index contributed by atoms with van der Waals surface area (Å²) < 4.78 is 17.3. The number of carbonyl (C=O) groups is 6. The lowest BCUT2D eigenvalue weighted by Gasteiger charge is -2.40. The van der Waals surface area contributed by atoms with Crippen LogP contribution in [0.25, 0.3) is 10.9 Å². The molecule has 1 aromatic carbocycles. The van der Waals surface area contributed by atoms with E-state index in [2.05, 4.69) is 15.6 Å². The van der Waals surface area contributed by atoms with Gasteiger partial charge in [0.25, 0.3) is 0 Å². The molecule has 2 aliphatic rings. The number of rotatable bonds is 19. The monoisotopic (exact) mass is 844 g/mol. The summed E-state index contributed by atoms with van der Waals surface area (Å²) in [7, 11) is 0. The van der Waals surface area contributed by atoms with E-state index < -0.39 is 159 Å². The van der Waals surface area contributed by atoms with Crippen molar-refractivity contribution >= 4 is 46.2 Å². The summed E-state index contributed by atoms with van der Waals surface area (Å²) in [5, 5.41) is 101. The fourth-order valence-corrected chi connectivity index (χ4v) is 6.44. The molecule has 0 saturated carbocycles. The van der Waals surface area contributed by atoms with E-state index in [1.165, 1.54) is 6.92 Å². The summed E-state index contributed by atoms with van der Waals surface area (Å²) in [6, 6.07) is 2.04. The Bertz CT molecular complexity index is 1790. The number of nitrogens with one attached hydrogen (secondary N) is 3. The summed E-state index contributed by atoms with van der Waals surface area (Å²) in [6.45, 7) is -0.0544. The molecule has 13 unspecified atom stereocenters. The lowest BCUT2D eigenvalue weighted by molar-refractivity contribution is -0.269. The van der Waals surface area contributed by atoms with Crippen molar-refractivity contribution in [1.29, 1.82) is 0 Å². The van der Waals surface area contributed by atoms with Gasteiger partial charge in [0.15, 0.2) is 18.4 Å². The summed E-state index contributed by atoms with van der Waals surface area (Å²) in [5.74, 6) is -7.66. The molecule has 2 amide bonds. The van der Waals surface area contributed by atoms with Crippen molar-refractivity contribution in [3.05, 3.63) is 36.0 Å². The molecular weight excluding hydrogens is 790 g/mol. The van der Waals surface area contributed by atoms with Crippen LogP contribution in [0.3, 0.4) is 0 Å². The molecule has 14 atom stereocenters. The molecule has 2 saturated heterocycles. The third-order valence-corrected chi connectivity index (χ3v) is 9.95. The van der Waals surface area contributed by atoms with Crippen LogP contribution in [0.2, 0.25) is 1.41 Å². The van der Waals surface area contributed by atoms with Crippen molar-refractivity contribution in [2.45, 2.75) is 112 Å². The van der Waals surface area contributed by atoms with Gasteiger partial charge in [-0.1, -0.05) is 18.2 Å². The summed E-state index contributed by atoms with van der Waals surface area (Å²) >= 11 is 0. The lowest BCUT2D eigenvalue weighted by Crippen LogP contribution is -2.64. The second-order valence-corrected chi connectivity index (χ2v) is 14.4. The lowest BCUT2D eigenvalue weighted by atomic mass is 9.86. The molecule has 2 fully saturated rings. The van der Waals surface area contributed by atoms with Crippen LogP contribution < -0.4 is 22.1 Å². The van der Waals surface area contributed by atoms with Gasteiger partial charge in [-0.2, -0.15) is 0 Å². The zero-order valence-corrected chi connectivity index (χ0v) is 31.7. The predicted octanol–water partition coefficient (Wildman–Crippen LogP) is -5.70. The van der Waals surface area contributed by atoms with Crippen molar-refractivity contribution in [1.82, 2.24) is 15.6 Å². The van der Waals surface area contributed by atoms with Gasteiger partial charge in [-0.3, -0.25) is 28.8 Å². The Morgan fingerprint density at radius 3 is 2.03 bits per heavy atom. The highest BCUT2D eigenvalue weighted by Gasteiger charge is 2.45. The van der Waals surface area contributed by atoms with Gasteiger partial charge in [0.2, 0.25) is 11.8 Å². The number of aliphatic hydroxyl groups excluding tert-OH is 8. The number of ether oxygens (including phenoxy) is 2. The second-order valence-electron chi connectivity index (χ2n) is 14.4. The molecule has 3 heterocycles. The van der Waals surface area contributed by atoms with E-state index in [1.807, 2.05) is 30.0 Å². The van der Waals surface area contributed by atoms with Crippen LogP contribution in [0.4, 0.5) is 0 Å². The molecule has 17 N–H and O–H groups in total. The molecule has 0 radical (unpaired) electrons. The number of ketones is 2. The fraction of sp³-hybridized carbons (Fsp3) is 0.611. The Labute approximate surface area is 337 Å². The minimum Gasteiger partial charge on any atom is -0.481 e. The first kappa shape index (κ1) is 47.2. The number of carboxylic acids is 2. The van der Waals surface area contributed by atoms with Gasteiger partial charge in [0.1, 0.15) is 49.8 Å². The first-order valence-corrected chi connectivity index (χ1v) is 18.4. The molecule has 1 aromatic heterocycles. The third kappa shape index (κ3) is 13.2. The van der Waals surface area contributed by atoms with Crippen LogP contribution in [0.15, 0.2) is 30.5 Å². The Kier molecular flexibility index (Phi) is 17.8. The highest BCUT2D eigenvalue weighted by Crippen LogP contribution is 2.28. The smallest absolute Gasteiger partial charge is 0.325 e. The summed E-state index contributed by atoms with van der Waals surface area (Å²) in [4.78, 5) is 74.4. The summed E-state index contributed by atoms with van der Waals surface area (Å²) in [6.07, 6.45) is -12.2. The Morgan fingerprint density at radius 1 is 0.831 bits per heavy atom. The minimum atomic E-state index is -1.74. The molecule has 0 bridgehead atoms. The molecule has 23 nitrogen and oxygen atoms in total. The van der Waals surface area contributed by atoms with E-state index in [9.17, 15) is 64.5 Å². The van der Waals surface area contributed by atoms with Gasteiger partial charge in [0, 0.05) is 48.7 Å². The van der Waals surface area contributed by atoms with Crippen LogP contribution >= 0.6 is 0 Å². The number of aliphatic hydroxyl groups is 8. The van der Waals surface area contributed by atoms with Gasteiger partial charge in [-0.05, 0) is 25.0 Å². The number of aromatic amines is 1. The molecule has 2 aromatic rings. The number of amides is 2. The number of hydrogen-bond acceptors (Lipinski definition) is 18. The highest BCUT2D eigenvalue weighted by molar-refractivity contribution is 5.93. The fourth-order valence-electron chi connectivity index (χ4n) is 6.44. The largest absolute Gasteiger partial charge is 0.481 e.